The third-order valence-corrected chi connectivity index (χ3v) is 3.70. The van der Waals surface area contributed by atoms with Crippen molar-refractivity contribution in [3.63, 3.8) is 0 Å². The number of amides is 3. The fourth-order valence-corrected chi connectivity index (χ4v) is 2.58. The molecule has 0 unspecified atom stereocenters. The van der Waals surface area contributed by atoms with E-state index in [4.69, 9.17) is 4.74 Å². The van der Waals surface area contributed by atoms with Gasteiger partial charge in [0.2, 0.25) is 0 Å². The van der Waals surface area contributed by atoms with Gasteiger partial charge in [0.15, 0.2) is 0 Å². The molecule has 2 heterocycles. The molecule has 0 spiro atoms. The highest BCUT2D eigenvalue weighted by molar-refractivity contribution is 5.75. The van der Waals surface area contributed by atoms with Crippen LogP contribution in [0, 0.1) is 0 Å². The first-order valence-electron chi connectivity index (χ1n) is 7.18. The zero-order valence-corrected chi connectivity index (χ0v) is 11.6. The first-order chi connectivity index (χ1) is 9.22. The Kier molecular flexibility index (Phi) is 4.87. The van der Waals surface area contributed by atoms with Gasteiger partial charge in [-0.15, -0.1) is 0 Å². The summed E-state index contributed by atoms with van der Waals surface area (Å²) in [4.78, 5) is 29.3. The lowest BCUT2D eigenvalue weighted by Crippen LogP contribution is -2.54. The molecule has 0 N–H and O–H groups in total. The third-order valence-electron chi connectivity index (χ3n) is 3.70. The molecule has 2 aliphatic heterocycles. The van der Waals surface area contributed by atoms with E-state index in [-0.39, 0.29) is 12.1 Å². The van der Waals surface area contributed by atoms with E-state index in [1.807, 2.05) is 9.80 Å². The summed E-state index contributed by atoms with van der Waals surface area (Å²) in [6.07, 6.45) is 3.16. The number of carbonyl (C=O) groups is 2. The molecule has 0 aromatic heterocycles. The summed E-state index contributed by atoms with van der Waals surface area (Å²) in [5.41, 5.74) is 0. The van der Waals surface area contributed by atoms with Crippen LogP contribution in [0.25, 0.3) is 0 Å². The average molecular weight is 269 g/mol. The van der Waals surface area contributed by atoms with Crippen LogP contribution < -0.4 is 0 Å². The maximum Gasteiger partial charge on any atom is 0.409 e. The zero-order valence-electron chi connectivity index (χ0n) is 11.6. The van der Waals surface area contributed by atoms with E-state index < -0.39 is 0 Å². The lowest BCUT2D eigenvalue weighted by Gasteiger charge is -2.38. The van der Waals surface area contributed by atoms with Crippen molar-refractivity contribution in [2.24, 2.45) is 0 Å². The van der Waals surface area contributed by atoms with Gasteiger partial charge < -0.3 is 19.4 Å². The number of rotatable bonds is 1. The first-order valence-corrected chi connectivity index (χ1v) is 7.18. The average Bonchev–Trinajstić information content (AvgIpc) is 2.48. The number of likely N-dealkylation sites (tertiary alicyclic amines) is 1. The summed E-state index contributed by atoms with van der Waals surface area (Å²) in [5, 5.41) is 0. The lowest BCUT2D eigenvalue weighted by atomic mass is 10.1. The van der Waals surface area contributed by atoms with E-state index in [1.54, 1.807) is 11.8 Å². The molecule has 108 valence electrons. The molecular formula is C13H23N3O3. The van der Waals surface area contributed by atoms with Gasteiger partial charge in [-0.2, -0.15) is 0 Å². The Labute approximate surface area is 114 Å². The number of hydrogen-bond acceptors (Lipinski definition) is 3. The van der Waals surface area contributed by atoms with Gasteiger partial charge in [-0.3, -0.25) is 0 Å². The van der Waals surface area contributed by atoms with Crippen molar-refractivity contribution >= 4 is 12.1 Å². The van der Waals surface area contributed by atoms with Gasteiger partial charge in [0, 0.05) is 39.3 Å². The third kappa shape index (κ3) is 3.52. The maximum absolute atomic E-state index is 12.3. The minimum absolute atomic E-state index is 0.128. The molecule has 19 heavy (non-hydrogen) atoms. The summed E-state index contributed by atoms with van der Waals surface area (Å²) in [6.45, 7) is 6.28. The second-order valence-corrected chi connectivity index (χ2v) is 5.00. The van der Waals surface area contributed by atoms with E-state index in [9.17, 15) is 9.59 Å². The topological polar surface area (TPSA) is 53.1 Å². The van der Waals surface area contributed by atoms with Gasteiger partial charge in [0.05, 0.1) is 6.61 Å². The van der Waals surface area contributed by atoms with Crippen molar-refractivity contribution in [3.8, 4) is 0 Å². The standard InChI is InChI=1S/C13H23N3O3/c1-2-19-13(18)16-10-8-15(9-11-16)12(17)14-6-4-3-5-7-14/h2-11H2,1H3. The largest absolute Gasteiger partial charge is 0.450 e. The SMILES string of the molecule is CCOC(=O)N1CCN(C(=O)N2CCCCC2)CC1. The molecule has 0 bridgehead atoms. The van der Waals surface area contributed by atoms with Crippen molar-refractivity contribution < 1.29 is 14.3 Å². The highest BCUT2D eigenvalue weighted by Crippen LogP contribution is 2.13. The Bertz CT molecular complexity index is 321. The number of nitrogens with zero attached hydrogens (tertiary/aromatic N) is 3. The highest BCUT2D eigenvalue weighted by atomic mass is 16.6. The molecule has 0 aromatic rings. The molecule has 2 aliphatic rings. The monoisotopic (exact) mass is 269 g/mol. The Morgan fingerprint density at radius 2 is 1.37 bits per heavy atom. The first kappa shape index (κ1) is 14.0. The molecule has 6 heteroatoms. The van der Waals surface area contributed by atoms with Crippen LogP contribution in [-0.4, -0.2) is 72.7 Å². The van der Waals surface area contributed by atoms with E-state index in [0.717, 1.165) is 25.9 Å². The molecule has 0 aromatic carbocycles. The molecule has 2 fully saturated rings. The van der Waals surface area contributed by atoms with Gasteiger partial charge in [-0.05, 0) is 26.2 Å². The van der Waals surface area contributed by atoms with Gasteiger partial charge in [-0.1, -0.05) is 0 Å². The van der Waals surface area contributed by atoms with Crippen LogP contribution >= 0.6 is 0 Å². The zero-order chi connectivity index (χ0) is 13.7. The summed E-state index contributed by atoms with van der Waals surface area (Å²) >= 11 is 0. The summed E-state index contributed by atoms with van der Waals surface area (Å²) in [6, 6.07) is 0.128. The van der Waals surface area contributed by atoms with Gasteiger partial charge in [0.1, 0.15) is 0 Å². The fraction of sp³-hybridized carbons (Fsp3) is 0.846. The Hall–Kier alpha value is -1.46. The minimum atomic E-state index is -0.271. The molecule has 0 saturated carbocycles. The van der Waals surface area contributed by atoms with Crippen LogP contribution in [0.5, 0.6) is 0 Å². The van der Waals surface area contributed by atoms with E-state index in [1.165, 1.54) is 6.42 Å². The van der Waals surface area contributed by atoms with Crippen LogP contribution in [0.15, 0.2) is 0 Å². The predicted molar refractivity (Wildman–Crippen MR) is 71.0 cm³/mol. The van der Waals surface area contributed by atoms with Gasteiger partial charge in [-0.25, -0.2) is 9.59 Å². The van der Waals surface area contributed by atoms with Gasteiger partial charge in [0.25, 0.3) is 0 Å². The number of hydrogen-bond donors (Lipinski definition) is 0. The second kappa shape index (κ2) is 6.63. The van der Waals surface area contributed by atoms with Crippen molar-refractivity contribution in [1.29, 1.82) is 0 Å². The van der Waals surface area contributed by atoms with Gasteiger partial charge >= 0.3 is 12.1 Å². The predicted octanol–water partition coefficient (Wildman–Crippen LogP) is 1.37. The number of ether oxygens (including phenoxy) is 1. The van der Waals surface area contributed by atoms with Crippen molar-refractivity contribution in [2.75, 3.05) is 45.9 Å². The smallest absolute Gasteiger partial charge is 0.409 e. The summed E-state index contributed by atoms with van der Waals surface area (Å²) < 4.78 is 4.97. The Morgan fingerprint density at radius 1 is 0.842 bits per heavy atom. The quantitative estimate of drug-likeness (QED) is 0.722. The van der Waals surface area contributed by atoms with E-state index in [0.29, 0.717) is 32.8 Å². The second-order valence-electron chi connectivity index (χ2n) is 5.00. The Morgan fingerprint density at radius 3 is 1.95 bits per heavy atom. The number of piperidine rings is 1. The number of carbonyl (C=O) groups excluding carboxylic acids is 2. The van der Waals surface area contributed by atoms with Crippen LogP contribution in [0.4, 0.5) is 9.59 Å². The maximum atomic E-state index is 12.3. The van der Waals surface area contributed by atoms with Crippen molar-refractivity contribution in [3.05, 3.63) is 0 Å². The van der Waals surface area contributed by atoms with Crippen LogP contribution in [0.3, 0.4) is 0 Å². The molecule has 2 saturated heterocycles. The minimum Gasteiger partial charge on any atom is -0.450 e. The number of piperazine rings is 1. The molecule has 0 aliphatic carbocycles. The van der Waals surface area contributed by atoms with Crippen LogP contribution in [-0.2, 0) is 4.74 Å². The summed E-state index contributed by atoms with van der Waals surface area (Å²) in [7, 11) is 0. The molecule has 0 radical (unpaired) electrons. The van der Waals surface area contributed by atoms with Crippen LogP contribution in [0.1, 0.15) is 26.2 Å². The molecule has 0 atom stereocenters. The normalized spacial score (nSPS) is 20.4. The van der Waals surface area contributed by atoms with Crippen LogP contribution in [0.2, 0.25) is 0 Å². The highest BCUT2D eigenvalue weighted by Gasteiger charge is 2.28. The van der Waals surface area contributed by atoms with Crippen molar-refractivity contribution in [2.45, 2.75) is 26.2 Å². The fourth-order valence-electron chi connectivity index (χ4n) is 2.58. The Balaban J connectivity index is 1.79. The number of urea groups is 1. The molecular weight excluding hydrogens is 246 g/mol. The van der Waals surface area contributed by atoms with E-state index in [2.05, 4.69) is 0 Å². The molecule has 3 amide bonds. The molecule has 6 nitrogen and oxygen atoms in total. The van der Waals surface area contributed by atoms with E-state index >= 15 is 0 Å². The summed E-state index contributed by atoms with van der Waals surface area (Å²) in [5.74, 6) is 0. The van der Waals surface area contributed by atoms with Crippen molar-refractivity contribution in [1.82, 2.24) is 14.7 Å². The molecule has 2 rings (SSSR count). The lowest BCUT2D eigenvalue weighted by molar-refractivity contribution is 0.0770.